The minimum Gasteiger partial charge on any atom is -0.430 e. The smallest absolute Gasteiger partial charge is 0.430 e. The molecule has 0 unspecified atom stereocenters. The molecule has 1 saturated carbocycles. The van der Waals surface area contributed by atoms with E-state index in [-0.39, 0.29) is 5.60 Å². The normalized spacial score (nSPS) is 44.5. The maximum atomic E-state index is 10.5. The molecule has 0 amide bonds. The molecule has 0 bridgehead atoms. The maximum absolute atomic E-state index is 10.5. The van der Waals surface area contributed by atoms with Crippen molar-refractivity contribution in [3.8, 4) is 0 Å². The van der Waals surface area contributed by atoms with E-state index in [0.29, 0.717) is 12.5 Å². The van der Waals surface area contributed by atoms with E-state index in [1.54, 1.807) is 0 Å². The molecule has 0 aromatic heterocycles. The van der Waals surface area contributed by atoms with E-state index in [4.69, 9.17) is 9.47 Å². The van der Waals surface area contributed by atoms with Gasteiger partial charge < -0.3 is 9.47 Å². The van der Waals surface area contributed by atoms with Crippen LogP contribution in [0.25, 0.3) is 0 Å². The van der Waals surface area contributed by atoms with Gasteiger partial charge in [0.05, 0.1) is 0 Å². The zero-order valence-electron chi connectivity index (χ0n) is 5.92. The van der Waals surface area contributed by atoms with Crippen LogP contribution in [-0.2, 0) is 9.47 Å². The van der Waals surface area contributed by atoms with Crippen molar-refractivity contribution < 1.29 is 14.3 Å². The molecule has 2 fully saturated rings. The Hall–Kier alpha value is -0.730. The molecule has 0 N–H and O–H groups in total. The Balaban J connectivity index is 2.01. The fraction of sp³-hybridized carbons (Fsp3) is 0.857. The minimum atomic E-state index is -0.494. The van der Waals surface area contributed by atoms with Gasteiger partial charge in [0.1, 0.15) is 6.61 Å². The van der Waals surface area contributed by atoms with Crippen LogP contribution in [0.1, 0.15) is 19.8 Å². The molecule has 1 spiro atoms. The summed E-state index contributed by atoms with van der Waals surface area (Å²) in [6.45, 7) is 2.62. The monoisotopic (exact) mass is 142 g/mol. The van der Waals surface area contributed by atoms with E-state index < -0.39 is 6.16 Å². The second-order valence-electron chi connectivity index (χ2n) is 3.34. The zero-order chi connectivity index (χ0) is 7.19. The largest absolute Gasteiger partial charge is 0.509 e. The molecular formula is C7H10O3. The lowest BCUT2D eigenvalue weighted by Crippen LogP contribution is -2.44. The highest BCUT2D eigenvalue weighted by Gasteiger charge is 2.51. The molecule has 2 rings (SSSR count). The summed E-state index contributed by atoms with van der Waals surface area (Å²) in [5.41, 5.74) is -0.212. The Morgan fingerprint density at radius 1 is 1.60 bits per heavy atom. The Bertz CT molecular complexity index is 170. The van der Waals surface area contributed by atoms with Gasteiger partial charge in [0.2, 0.25) is 0 Å². The van der Waals surface area contributed by atoms with Gasteiger partial charge in [0, 0.05) is 0 Å². The van der Waals surface area contributed by atoms with Crippen LogP contribution in [0.15, 0.2) is 0 Å². The Kier molecular flexibility index (Phi) is 0.993. The van der Waals surface area contributed by atoms with Crippen LogP contribution in [0.4, 0.5) is 4.79 Å². The van der Waals surface area contributed by atoms with Crippen molar-refractivity contribution in [2.45, 2.75) is 25.4 Å². The number of cyclic esters (lactones) is 1. The predicted octanol–water partition coefficient (Wildman–Crippen LogP) is 1.32. The van der Waals surface area contributed by atoms with Gasteiger partial charge in [-0.3, -0.25) is 0 Å². The van der Waals surface area contributed by atoms with Crippen molar-refractivity contribution in [1.29, 1.82) is 0 Å². The van der Waals surface area contributed by atoms with Crippen molar-refractivity contribution in [1.82, 2.24) is 0 Å². The number of rotatable bonds is 0. The summed E-state index contributed by atoms with van der Waals surface area (Å²) < 4.78 is 9.69. The molecule has 1 aliphatic carbocycles. The minimum absolute atomic E-state index is 0.212. The summed E-state index contributed by atoms with van der Waals surface area (Å²) in [6, 6.07) is 0. The van der Waals surface area contributed by atoms with E-state index >= 15 is 0 Å². The molecule has 3 nitrogen and oxygen atoms in total. The second kappa shape index (κ2) is 1.65. The van der Waals surface area contributed by atoms with Crippen LogP contribution < -0.4 is 0 Å². The highest BCUT2D eigenvalue weighted by molar-refractivity contribution is 5.63. The Morgan fingerprint density at radius 3 is 2.70 bits per heavy atom. The molecule has 10 heavy (non-hydrogen) atoms. The number of carbonyl (C=O) groups is 1. The lowest BCUT2D eigenvalue weighted by Gasteiger charge is -2.39. The third-order valence-electron chi connectivity index (χ3n) is 2.19. The first-order chi connectivity index (χ1) is 4.70. The fourth-order valence-corrected chi connectivity index (χ4v) is 1.84. The van der Waals surface area contributed by atoms with E-state index in [9.17, 15) is 4.79 Å². The van der Waals surface area contributed by atoms with Crippen molar-refractivity contribution in [3.05, 3.63) is 0 Å². The lowest BCUT2D eigenvalue weighted by atomic mass is 9.72. The molecule has 0 aromatic carbocycles. The molecule has 1 heterocycles. The summed E-state index contributed by atoms with van der Waals surface area (Å²) >= 11 is 0. The summed E-state index contributed by atoms with van der Waals surface area (Å²) in [6.07, 6.45) is 1.45. The van der Waals surface area contributed by atoms with E-state index in [1.165, 1.54) is 0 Å². The Morgan fingerprint density at radius 2 is 2.30 bits per heavy atom. The lowest BCUT2D eigenvalue weighted by molar-refractivity contribution is -0.0418. The molecule has 3 heteroatoms. The van der Waals surface area contributed by atoms with E-state index in [2.05, 4.69) is 6.92 Å². The van der Waals surface area contributed by atoms with Gasteiger partial charge in [-0.2, -0.15) is 0 Å². The van der Waals surface area contributed by atoms with Gasteiger partial charge in [0.25, 0.3) is 0 Å². The first kappa shape index (κ1) is 6.01. The summed E-state index contributed by atoms with van der Waals surface area (Å²) in [4.78, 5) is 10.5. The van der Waals surface area contributed by atoms with Crippen LogP contribution in [0, 0.1) is 5.92 Å². The third kappa shape index (κ3) is 0.696. The van der Waals surface area contributed by atoms with Gasteiger partial charge in [0.15, 0.2) is 5.60 Å². The molecule has 2 aliphatic rings. The van der Waals surface area contributed by atoms with Crippen molar-refractivity contribution in [2.75, 3.05) is 6.61 Å². The quantitative estimate of drug-likeness (QED) is 0.478. The van der Waals surface area contributed by atoms with Gasteiger partial charge in [-0.05, 0) is 18.8 Å². The van der Waals surface area contributed by atoms with Crippen molar-refractivity contribution >= 4 is 6.16 Å². The van der Waals surface area contributed by atoms with Crippen molar-refractivity contribution in [2.24, 2.45) is 5.92 Å². The van der Waals surface area contributed by atoms with Gasteiger partial charge in [-0.1, -0.05) is 6.92 Å². The summed E-state index contributed by atoms with van der Waals surface area (Å²) in [7, 11) is 0. The van der Waals surface area contributed by atoms with Crippen LogP contribution >= 0.6 is 0 Å². The average Bonchev–Trinajstić information content (AvgIpc) is 2.10. The van der Waals surface area contributed by atoms with Crippen LogP contribution in [-0.4, -0.2) is 18.4 Å². The van der Waals surface area contributed by atoms with Crippen LogP contribution in [0.2, 0.25) is 0 Å². The highest BCUT2D eigenvalue weighted by atomic mass is 16.8. The third-order valence-corrected chi connectivity index (χ3v) is 2.19. The summed E-state index contributed by atoms with van der Waals surface area (Å²) in [5, 5.41) is 0. The molecule has 56 valence electrons. The number of hydrogen-bond acceptors (Lipinski definition) is 3. The van der Waals surface area contributed by atoms with Gasteiger partial charge in [-0.25, -0.2) is 4.79 Å². The summed E-state index contributed by atoms with van der Waals surface area (Å²) in [5.74, 6) is 0.689. The number of hydrogen-bond donors (Lipinski definition) is 0. The molecular weight excluding hydrogens is 132 g/mol. The second-order valence-corrected chi connectivity index (χ2v) is 3.34. The van der Waals surface area contributed by atoms with Gasteiger partial charge >= 0.3 is 6.16 Å². The van der Waals surface area contributed by atoms with Crippen LogP contribution in [0.5, 0.6) is 0 Å². The predicted molar refractivity (Wildman–Crippen MR) is 33.6 cm³/mol. The zero-order valence-corrected chi connectivity index (χ0v) is 5.92. The maximum Gasteiger partial charge on any atom is 0.509 e. The standard InChI is InChI=1S/C7H10O3/c1-5-2-7(3-5)4-9-6(8)10-7/h5H,2-4H2,1H3. The SMILES string of the molecule is CC1CC2(COC(=O)O2)C1. The number of carbonyl (C=O) groups excluding carboxylic acids is 1. The molecule has 0 radical (unpaired) electrons. The molecule has 0 atom stereocenters. The molecule has 1 aliphatic heterocycles. The van der Waals surface area contributed by atoms with Crippen molar-refractivity contribution in [3.63, 3.8) is 0 Å². The van der Waals surface area contributed by atoms with E-state index in [1.807, 2.05) is 0 Å². The number of ether oxygens (including phenoxy) is 2. The first-order valence-electron chi connectivity index (χ1n) is 3.56. The fourth-order valence-electron chi connectivity index (χ4n) is 1.84. The molecule has 0 aromatic rings. The van der Waals surface area contributed by atoms with Crippen LogP contribution in [0.3, 0.4) is 0 Å². The first-order valence-corrected chi connectivity index (χ1v) is 3.56. The van der Waals surface area contributed by atoms with E-state index in [0.717, 1.165) is 12.8 Å². The topological polar surface area (TPSA) is 35.5 Å². The molecule has 1 saturated heterocycles. The Labute approximate surface area is 59.3 Å². The average molecular weight is 142 g/mol. The van der Waals surface area contributed by atoms with Gasteiger partial charge in [-0.15, -0.1) is 0 Å². The highest BCUT2D eigenvalue weighted by Crippen LogP contribution is 2.43.